The fourth-order valence-electron chi connectivity index (χ4n) is 3.39. The first-order valence-corrected chi connectivity index (χ1v) is 6.14. The van der Waals surface area contributed by atoms with Crippen LogP contribution in [0.4, 0.5) is 0 Å². The number of aliphatic hydroxyl groups is 2. The third kappa shape index (κ3) is 1.71. The van der Waals surface area contributed by atoms with Gasteiger partial charge in [-0.25, -0.2) is 4.79 Å². The minimum atomic E-state index is -1.82. The summed E-state index contributed by atoms with van der Waals surface area (Å²) in [6.45, 7) is 1.17. The third-order valence-corrected chi connectivity index (χ3v) is 4.16. The number of hydrogen-bond donors (Lipinski definition) is 3. The second kappa shape index (κ2) is 4.71. The Hall–Kier alpha value is -1.67. The van der Waals surface area contributed by atoms with Gasteiger partial charge in [-0.05, 0) is 0 Å². The van der Waals surface area contributed by atoms with E-state index in [2.05, 4.69) is 14.8 Å². The summed E-state index contributed by atoms with van der Waals surface area (Å²) in [6.07, 6.45) is -2.84. The minimum Gasteiger partial charge on any atom is -0.469 e. The van der Waals surface area contributed by atoms with Crippen molar-refractivity contribution in [2.45, 2.75) is 24.7 Å². The Kier molecular flexibility index (Phi) is 3.47. The number of fused-ring (bicyclic) bond motifs is 1. The van der Waals surface area contributed by atoms with Gasteiger partial charge in [-0.1, -0.05) is 0 Å². The van der Waals surface area contributed by atoms with Crippen LogP contribution in [-0.4, -0.2) is 60.0 Å². The van der Waals surface area contributed by atoms with E-state index in [1.807, 2.05) is 0 Å². The number of methoxy groups -OCH3 is 2. The molecule has 0 saturated heterocycles. The number of ether oxygens (including phenoxy) is 2. The fourth-order valence-corrected chi connectivity index (χ4v) is 3.39. The molecule has 112 valence electrons. The molecule has 0 aromatic heterocycles. The van der Waals surface area contributed by atoms with Crippen molar-refractivity contribution in [1.82, 2.24) is 5.32 Å². The third-order valence-electron chi connectivity index (χ3n) is 4.16. The van der Waals surface area contributed by atoms with Gasteiger partial charge in [0.05, 0.1) is 26.2 Å². The van der Waals surface area contributed by atoms with Gasteiger partial charge in [0.15, 0.2) is 5.54 Å². The molecule has 0 aliphatic heterocycles. The molecule has 0 aromatic rings. The highest BCUT2D eigenvalue weighted by atomic mass is 16.5. The Morgan fingerprint density at radius 2 is 1.75 bits per heavy atom. The molecule has 0 bridgehead atoms. The van der Waals surface area contributed by atoms with Gasteiger partial charge in [0.25, 0.3) is 0 Å². The van der Waals surface area contributed by atoms with Crippen LogP contribution >= 0.6 is 0 Å². The molecule has 2 saturated carbocycles. The van der Waals surface area contributed by atoms with Gasteiger partial charge >= 0.3 is 11.9 Å². The summed E-state index contributed by atoms with van der Waals surface area (Å²) in [7, 11) is 2.30. The molecule has 0 heterocycles. The zero-order valence-electron chi connectivity index (χ0n) is 11.3. The van der Waals surface area contributed by atoms with Crippen molar-refractivity contribution in [3.8, 4) is 0 Å². The number of aliphatic hydroxyl groups excluding tert-OH is 2. The van der Waals surface area contributed by atoms with Gasteiger partial charge < -0.3 is 25.0 Å². The highest BCUT2D eigenvalue weighted by Crippen LogP contribution is 2.62. The summed E-state index contributed by atoms with van der Waals surface area (Å²) in [5, 5.41) is 22.5. The fraction of sp³-hybridized carbons (Fsp3) is 0.750. The summed E-state index contributed by atoms with van der Waals surface area (Å²) in [6, 6.07) is 0. The van der Waals surface area contributed by atoms with Crippen LogP contribution in [0.1, 0.15) is 6.92 Å². The number of hydrogen-bond acceptors (Lipinski definition) is 7. The van der Waals surface area contributed by atoms with E-state index >= 15 is 0 Å². The molecule has 0 radical (unpaired) electrons. The molecule has 2 aliphatic carbocycles. The number of rotatable bonds is 3. The van der Waals surface area contributed by atoms with Crippen LogP contribution in [0.15, 0.2) is 0 Å². The number of amides is 1. The molecule has 6 atom stereocenters. The van der Waals surface area contributed by atoms with Crippen LogP contribution in [0.5, 0.6) is 0 Å². The van der Waals surface area contributed by atoms with Crippen LogP contribution in [0.3, 0.4) is 0 Å². The van der Waals surface area contributed by atoms with E-state index < -0.39 is 53.3 Å². The lowest BCUT2D eigenvalue weighted by Gasteiger charge is -2.34. The van der Waals surface area contributed by atoms with E-state index in [0.29, 0.717) is 0 Å². The maximum atomic E-state index is 12.1. The van der Waals surface area contributed by atoms with Crippen molar-refractivity contribution in [1.29, 1.82) is 0 Å². The SMILES string of the molecule is COC(=O)[C@H]1[C@@H]2C(O)C(O)[C@@](NC(C)=O)(C(=O)OC)[C@H]12. The Labute approximate surface area is 115 Å². The molecular formula is C12H17NO7. The average Bonchev–Trinajstić information content (AvgIpc) is 3.11. The highest BCUT2D eigenvalue weighted by Gasteiger charge is 2.80. The maximum Gasteiger partial charge on any atom is 0.334 e. The van der Waals surface area contributed by atoms with Crippen molar-refractivity contribution in [2.24, 2.45) is 17.8 Å². The molecule has 8 nitrogen and oxygen atoms in total. The van der Waals surface area contributed by atoms with Crippen LogP contribution in [0.25, 0.3) is 0 Å². The first-order chi connectivity index (χ1) is 9.32. The summed E-state index contributed by atoms with van der Waals surface area (Å²) < 4.78 is 9.25. The summed E-state index contributed by atoms with van der Waals surface area (Å²) in [5.41, 5.74) is -1.82. The van der Waals surface area contributed by atoms with Crippen molar-refractivity contribution in [3.05, 3.63) is 0 Å². The lowest BCUT2D eigenvalue weighted by Crippen LogP contribution is -2.64. The predicted octanol–water partition coefficient (Wildman–Crippen LogP) is -2.20. The summed E-state index contributed by atoms with van der Waals surface area (Å²) in [4.78, 5) is 35.1. The molecule has 8 heteroatoms. The van der Waals surface area contributed by atoms with E-state index in [0.717, 1.165) is 7.11 Å². The Morgan fingerprint density at radius 3 is 2.20 bits per heavy atom. The van der Waals surface area contributed by atoms with Gasteiger partial charge in [0.2, 0.25) is 5.91 Å². The van der Waals surface area contributed by atoms with E-state index in [9.17, 15) is 24.6 Å². The van der Waals surface area contributed by atoms with Crippen molar-refractivity contribution >= 4 is 17.8 Å². The van der Waals surface area contributed by atoms with Crippen LogP contribution in [-0.2, 0) is 23.9 Å². The molecule has 0 aromatic carbocycles. The monoisotopic (exact) mass is 287 g/mol. The molecule has 2 rings (SSSR count). The van der Waals surface area contributed by atoms with E-state index in [-0.39, 0.29) is 0 Å². The van der Waals surface area contributed by atoms with Gasteiger partial charge in [-0.2, -0.15) is 0 Å². The van der Waals surface area contributed by atoms with Crippen molar-refractivity contribution in [2.75, 3.05) is 14.2 Å². The largest absolute Gasteiger partial charge is 0.469 e. The minimum absolute atomic E-state index is 0.571. The zero-order valence-corrected chi connectivity index (χ0v) is 11.3. The second-order valence-electron chi connectivity index (χ2n) is 5.13. The number of carbonyl (C=O) groups is 3. The maximum absolute atomic E-state index is 12.1. The highest BCUT2D eigenvalue weighted by molar-refractivity contribution is 5.92. The van der Waals surface area contributed by atoms with E-state index in [1.165, 1.54) is 14.0 Å². The normalized spacial score (nSPS) is 41.5. The zero-order chi connectivity index (χ0) is 15.2. The molecule has 3 N–H and O–H groups in total. The Bertz CT molecular complexity index is 465. The smallest absolute Gasteiger partial charge is 0.334 e. The molecule has 20 heavy (non-hydrogen) atoms. The number of carbonyl (C=O) groups excluding carboxylic acids is 3. The molecule has 2 fully saturated rings. The standard InChI is InChI=1S/C12H17NO7/c1-4(14)13-12(11(18)20-3)7-5(8(15)9(12)16)6(7)10(17)19-2/h5-9,15-16H,1-3H3,(H,13,14)/t5-,6-,7-,8?,9?,12+/m0/s1. The van der Waals surface area contributed by atoms with Gasteiger partial charge in [0.1, 0.15) is 6.10 Å². The Balaban J connectivity index is 2.41. The molecule has 0 spiro atoms. The predicted molar refractivity (Wildman–Crippen MR) is 63.1 cm³/mol. The topological polar surface area (TPSA) is 122 Å². The van der Waals surface area contributed by atoms with E-state index in [1.54, 1.807) is 0 Å². The van der Waals surface area contributed by atoms with E-state index in [4.69, 9.17) is 0 Å². The van der Waals surface area contributed by atoms with Crippen LogP contribution in [0.2, 0.25) is 0 Å². The lowest BCUT2D eigenvalue weighted by molar-refractivity contribution is -0.161. The molecular weight excluding hydrogens is 270 g/mol. The van der Waals surface area contributed by atoms with Crippen LogP contribution in [0, 0.1) is 17.8 Å². The van der Waals surface area contributed by atoms with Gasteiger partial charge in [-0.3, -0.25) is 9.59 Å². The summed E-state index contributed by atoms with van der Waals surface area (Å²) >= 11 is 0. The van der Waals surface area contributed by atoms with Gasteiger partial charge in [-0.15, -0.1) is 0 Å². The molecule has 2 unspecified atom stereocenters. The molecule has 1 amide bonds. The number of nitrogens with one attached hydrogen (secondary N) is 1. The number of esters is 2. The average molecular weight is 287 g/mol. The first-order valence-electron chi connectivity index (χ1n) is 6.14. The van der Waals surface area contributed by atoms with Crippen LogP contribution < -0.4 is 5.32 Å². The summed E-state index contributed by atoms with van der Waals surface area (Å²) in [5.74, 6) is -4.18. The second-order valence-corrected chi connectivity index (χ2v) is 5.13. The van der Waals surface area contributed by atoms with Gasteiger partial charge in [0, 0.05) is 18.8 Å². The Morgan fingerprint density at radius 1 is 1.15 bits per heavy atom. The lowest BCUT2D eigenvalue weighted by atomic mass is 9.86. The first kappa shape index (κ1) is 14.7. The molecule has 2 aliphatic rings. The quantitative estimate of drug-likeness (QED) is 0.504. The van der Waals surface area contributed by atoms with Crippen molar-refractivity contribution < 1.29 is 34.1 Å². The van der Waals surface area contributed by atoms with Crippen molar-refractivity contribution in [3.63, 3.8) is 0 Å².